The van der Waals surface area contributed by atoms with Gasteiger partial charge in [-0.15, -0.1) is 0 Å². The van der Waals surface area contributed by atoms with Crippen molar-refractivity contribution in [3.8, 4) is 0 Å². The van der Waals surface area contributed by atoms with E-state index in [1.807, 2.05) is 26.0 Å². The highest BCUT2D eigenvalue weighted by Gasteiger charge is 2.15. The highest BCUT2D eigenvalue weighted by molar-refractivity contribution is 7.92. The Bertz CT molecular complexity index is 781. The van der Waals surface area contributed by atoms with E-state index in [1.165, 1.54) is 24.3 Å². The molecule has 0 aromatic heterocycles. The lowest BCUT2D eigenvalue weighted by molar-refractivity contribution is 0.1000. The second-order valence-electron chi connectivity index (χ2n) is 4.81. The van der Waals surface area contributed by atoms with Crippen LogP contribution < -0.4 is 10.5 Å². The molecule has 5 nitrogen and oxygen atoms in total. The van der Waals surface area contributed by atoms with Gasteiger partial charge in [-0.3, -0.25) is 9.52 Å². The molecule has 0 aliphatic heterocycles. The molecule has 0 heterocycles. The molecule has 2 aromatic rings. The summed E-state index contributed by atoms with van der Waals surface area (Å²) in [6.45, 7) is 3.71. The number of anilines is 1. The number of hydrogen-bond donors (Lipinski definition) is 2. The lowest BCUT2D eigenvalue weighted by Gasteiger charge is -2.11. The summed E-state index contributed by atoms with van der Waals surface area (Å²) in [6.07, 6.45) is 0. The SMILES string of the molecule is Cc1ccc(C)c(NS(=O)(=O)c2ccc(C(N)=O)cc2)c1. The molecule has 2 rings (SSSR count). The van der Waals surface area contributed by atoms with Crippen molar-refractivity contribution < 1.29 is 13.2 Å². The van der Waals surface area contributed by atoms with E-state index >= 15 is 0 Å². The maximum atomic E-state index is 12.3. The van der Waals surface area contributed by atoms with E-state index in [-0.39, 0.29) is 10.5 Å². The average molecular weight is 304 g/mol. The Kier molecular flexibility index (Phi) is 3.99. The van der Waals surface area contributed by atoms with Gasteiger partial charge < -0.3 is 5.73 Å². The molecule has 0 aliphatic carbocycles. The number of nitrogens with two attached hydrogens (primary N) is 1. The predicted octanol–water partition coefficient (Wildman–Crippen LogP) is 2.20. The molecule has 0 saturated carbocycles. The molecule has 0 unspecified atom stereocenters. The number of amides is 1. The highest BCUT2D eigenvalue weighted by Crippen LogP contribution is 2.21. The van der Waals surface area contributed by atoms with Crippen LogP contribution in [-0.4, -0.2) is 14.3 Å². The van der Waals surface area contributed by atoms with Crippen molar-refractivity contribution >= 4 is 21.6 Å². The Morgan fingerprint density at radius 2 is 1.67 bits per heavy atom. The highest BCUT2D eigenvalue weighted by atomic mass is 32.2. The van der Waals surface area contributed by atoms with Crippen molar-refractivity contribution in [3.63, 3.8) is 0 Å². The van der Waals surface area contributed by atoms with Crippen LogP contribution in [0.4, 0.5) is 5.69 Å². The summed E-state index contributed by atoms with van der Waals surface area (Å²) in [5, 5.41) is 0. The molecule has 0 aliphatic rings. The number of hydrogen-bond acceptors (Lipinski definition) is 3. The van der Waals surface area contributed by atoms with E-state index in [1.54, 1.807) is 6.07 Å². The fourth-order valence-electron chi connectivity index (χ4n) is 1.85. The van der Waals surface area contributed by atoms with Gasteiger partial charge in [0, 0.05) is 5.56 Å². The molecule has 6 heteroatoms. The summed E-state index contributed by atoms with van der Waals surface area (Å²) < 4.78 is 27.2. The number of nitrogens with one attached hydrogen (secondary N) is 1. The molecule has 0 atom stereocenters. The van der Waals surface area contributed by atoms with Crippen molar-refractivity contribution in [1.29, 1.82) is 0 Å². The van der Waals surface area contributed by atoms with Gasteiger partial charge in [-0.1, -0.05) is 12.1 Å². The van der Waals surface area contributed by atoms with Crippen LogP contribution in [0.15, 0.2) is 47.4 Å². The van der Waals surface area contributed by atoms with Gasteiger partial charge in [-0.25, -0.2) is 8.42 Å². The molecule has 0 spiro atoms. The number of sulfonamides is 1. The third-order valence-corrected chi connectivity index (χ3v) is 4.47. The van der Waals surface area contributed by atoms with E-state index in [9.17, 15) is 13.2 Å². The van der Waals surface area contributed by atoms with Gasteiger partial charge in [0.1, 0.15) is 0 Å². The van der Waals surface area contributed by atoms with E-state index in [2.05, 4.69) is 4.72 Å². The van der Waals surface area contributed by atoms with Crippen LogP contribution in [0.3, 0.4) is 0 Å². The summed E-state index contributed by atoms with van der Waals surface area (Å²) in [5.41, 5.74) is 7.72. The first-order valence-corrected chi connectivity index (χ1v) is 7.78. The average Bonchev–Trinajstić information content (AvgIpc) is 2.43. The Labute approximate surface area is 123 Å². The van der Waals surface area contributed by atoms with Crippen molar-refractivity contribution in [2.45, 2.75) is 18.7 Å². The molecule has 0 fully saturated rings. The summed E-state index contributed by atoms with van der Waals surface area (Å²) >= 11 is 0. The number of rotatable bonds is 4. The molecular formula is C15H16N2O3S. The van der Waals surface area contributed by atoms with Gasteiger partial charge in [0.05, 0.1) is 10.6 Å². The van der Waals surface area contributed by atoms with Gasteiger partial charge in [0.15, 0.2) is 0 Å². The largest absolute Gasteiger partial charge is 0.366 e. The zero-order valence-corrected chi connectivity index (χ0v) is 12.6. The van der Waals surface area contributed by atoms with E-state index < -0.39 is 15.9 Å². The molecular weight excluding hydrogens is 288 g/mol. The van der Waals surface area contributed by atoms with E-state index in [0.717, 1.165) is 11.1 Å². The van der Waals surface area contributed by atoms with Crippen LogP contribution in [0, 0.1) is 13.8 Å². The van der Waals surface area contributed by atoms with Crippen LogP contribution >= 0.6 is 0 Å². The fraction of sp³-hybridized carbons (Fsp3) is 0.133. The van der Waals surface area contributed by atoms with Crippen molar-refractivity contribution in [2.75, 3.05) is 4.72 Å². The minimum Gasteiger partial charge on any atom is -0.366 e. The van der Waals surface area contributed by atoms with Crippen LogP contribution in [0.2, 0.25) is 0 Å². The first kappa shape index (κ1) is 15.1. The zero-order chi connectivity index (χ0) is 15.6. The van der Waals surface area contributed by atoms with E-state index in [4.69, 9.17) is 5.73 Å². The quantitative estimate of drug-likeness (QED) is 0.907. The standard InChI is InChI=1S/C15H16N2O3S/c1-10-3-4-11(2)14(9-10)17-21(19,20)13-7-5-12(6-8-13)15(16)18/h3-9,17H,1-2H3,(H2,16,18). The van der Waals surface area contributed by atoms with Crippen molar-refractivity contribution in [1.82, 2.24) is 0 Å². The normalized spacial score (nSPS) is 11.1. The maximum absolute atomic E-state index is 12.3. The lowest BCUT2D eigenvalue weighted by Crippen LogP contribution is -2.15. The monoisotopic (exact) mass is 304 g/mol. The molecule has 3 N–H and O–H groups in total. The topological polar surface area (TPSA) is 89.3 Å². The summed E-state index contributed by atoms with van der Waals surface area (Å²) in [6, 6.07) is 11.0. The number of carbonyl (C=O) groups is 1. The minimum absolute atomic E-state index is 0.0772. The Balaban J connectivity index is 2.34. The van der Waals surface area contributed by atoms with Crippen molar-refractivity contribution in [3.05, 3.63) is 59.2 Å². The summed E-state index contributed by atoms with van der Waals surface area (Å²) in [4.78, 5) is 11.1. The zero-order valence-electron chi connectivity index (χ0n) is 11.8. The van der Waals surface area contributed by atoms with Crippen LogP contribution in [0.25, 0.3) is 0 Å². The fourth-order valence-corrected chi connectivity index (χ4v) is 2.97. The van der Waals surface area contributed by atoms with Crippen LogP contribution in [0.5, 0.6) is 0 Å². The Hall–Kier alpha value is -2.34. The minimum atomic E-state index is -3.70. The number of aryl methyl sites for hydroxylation is 2. The molecule has 1 amide bonds. The van der Waals surface area contributed by atoms with E-state index in [0.29, 0.717) is 5.69 Å². The molecule has 0 bridgehead atoms. The first-order chi connectivity index (χ1) is 9.79. The Morgan fingerprint density at radius 1 is 1.05 bits per heavy atom. The first-order valence-electron chi connectivity index (χ1n) is 6.29. The van der Waals surface area contributed by atoms with Gasteiger partial charge in [-0.05, 0) is 55.3 Å². The van der Waals surface area contributed by atoms with Crippen LogP contribution in [0.1, 0.15) is 21.5 Å². The number of benzene rings is 2. The number of primary amides is 1. The summed E-state index contributed by atoms with van der Waals surface area (Å²) in [5.74, 6) is -0.596. The molecule has 0 saturated heterocycles. The second kappa shape index (κ2) is 5.57. The molecule has 110 valence electrons. The lowest BCUT2D eigenvalue weighted by atomic mass is 10.1. The van der Waals surface area contributed by atoms with Crippen LogP contribution in [-0.2, 0) is 10.0 Å². The van der Waals surface area contributed by atoms with Gasteiger partial charge >= 0.3 is 0 Å². The second-order valence-corrected chi connectivity index (χ2v) is 6.49. The molecule has 0 radical (unpaired) electrons. The maximum Gasteiger partial charge on any atom is 0.261 e. The molecule has 21 heavy (non-hydrogen) atoms. The molecule has 2 aromatic carbocycles. The van der Waals surface area contributed by atoms with Gasteiger partial charge in [0.25, 0.3) is 10.0 Å². The van der Waals surface area contributed by atoms with Gasteiger partial charge in [-0.2, -0.15) is 0 Å². The predicted molar refractivity (Wildman–Crippen MR) is 81.7 cm³/mol. The third kappa shape index (κ3) is 3.41. The Morgan fingerprint density at radius 3 is 2.24 bits per heavy atom. The summed E-state index contributed by atoms with van der Waals surface area (Å²) in [7, 11) is -3.70. The number of carbonyl (C=O) groups excluding carboxylic acids is 1. The smallest absolute Gasteiger partial charge is 0.261 e. The van der Waals surface area contributed by atoms with Gasteiger partial charge in [0.2, 0.25) is 5.91 Å². The van der Waals surface area contributed by atoms with Crippen molar-refractivity contribution in [2.24, 2.45) is 5.73 Å². The third-order valence-electron chi connectivity index (χ3n) is 3.09.